The second kappa shape index (κ2) is 6.12. The summed E-state index contributed by atoms with van der Waals surface area (Å²) in [6, 6.07) is 7.77. The summed E-state index contributed by atoms with van der Waals surface area (Å²) >= 11 is 0. The van der Waals surface area contributed by atoms with Crippen LogP contribution in [0.3, 0.4) is 0 Å². The van der Waals surface area contributed by atoms with Crippen molar-refractivity contribution in [3.05, 3.63) is 36.0 Å². The summed E-state index contributed by atoms with van der Waals surface area (Å²) in [5, 5.41) is 4.19. The van der Waals surface area contributed by atoms with Gasteiger partial charge in [-0.25, -0.2) is 0 Å². The van der Waals surface area contributed by atoms with Gasteiger partial charge in [0.1, 0.15) is 0 Å². The van der Waals surface area contributed by atoms with Crippen molar-refractivity contribution in [2.75, 3.05) is 6.54 Å². The van der Waals surface area contributed by atoms with Crippen LogP contribution in [0.25, 0.3) is 10.9 Å². The quantitative estimate of drug-likeness (QED) is 0.853. The van der Waals surface area contributed by atoms with E-state index in [0.29, 0.717) is 23.3 Å². The lowest BCUT2D eigenvalue weighted by molar-refractivity contribution is 0.0937. The Hall–Kier alpha value is -1.77. The maximum absolute atomic E-state index is 12.2. The molecule has 0 saturated carbocycles. The lowest BCUT2D eigenvalue weighted by Gasteiger charge is -2.25. The van der Waals surface area contributed by atoms with Gasteiger partial charge in [-0.3, -0.25) is 4.79 Å². The Bertz CT molecular complexity index is 575. The highest BCUT2D eigenvalue weighted by Gasteiger charge is 2.18. The summed E-state index contributed by atoms with van der Waals surface area (Å²) in [6.45, 7) is 9.57. The summed E-state index contributed by atoms with van der Waals surface area (Å²) < 4.78 is 0. The summed E-state index contributed by atoms with van der Waals surface area (Å²) in [6.07, 6.45) is 1.89. The Kier molecular flexibility index (Phi) is 4.48. The standard InChI is InChI=1S/C17H24N2O/c1-11(2)15(12(3)4)10-19-17(20)14-6-5-13-7-8-18-16(13)9-14/h5-9,11-12,15,18H,10H2,1-4H3,(H,19,20). The van der Waals surface area contributed by atoms with Gasteiger partial charge >= 0.3 is 0 Å². The molecule has 20 heavy (non-hydrogen) atoms. The van der Waals surface area contributed by atoms with Gasteiger partial charge in [0.25, 0.3) is 5.91 Å². The Morgan fingerprint density at radius 2 is 1.85 bits per heavy atom. The molecule has 2 N–H and O–H groups in total. The van der Waals surface area contributed by atoms with Crippen molar-refractivity contribution in [2.45, 2.75) is 27.7 Å². The Labute approximate surface area is 120 Å². The largest absolute Gasteiger partial charge is 0.361 e. The van der Waals surface area contributed by atoms with E-state index in [-0.39, 0.29) is 5.91 Å². The van der Waals surface area contributed by atoms with Crippen molar-refractivity contribution in [2.24, 2.45) is 17.8 Å². The van der Waals surface area contributed by atoms with Gasteiger partial charge in [0, 0.05) is 23.8 Å². The van der Waals surface area contributed by atoms with Crippen molar-refractivity contribution in [1.82, 2.24) is 10.3 Å². The van der Waals surface area contributed by atoms with E-state index >= 15 is 0 Å². The Balaban J connectivity index is 2.04. The van der Waals surface area contributed by atoms with E-state index in [1.807, 2.05) is 30.5 Å². The van der Waals surface area contributed by atoms with Gasteiger partial charge in [0.2, 0.25) is 0 Å². The first kappa shape index (κ1) is 14.6. The fourth-order valence-corrected chi connectivity index (χ4v) is 2.74. The van der Waals surface area contributed by atoms with Gasteiger partial charge < -0.3 is 10.3 Å². The van der Waals surface area contributed by atoms with Gasteiger partial charge in [-0.05, 0) is 41.3 Å². The molecule has 0 fully saturated rings. The number of hydrogen-bond donors (Lipinski definition) is 2. The lowest BCUT2D eigenvalue weighted by Crippen LogP contribution is -2.33. The minimum absolute atomic E-state index is 0.00722. The molecular formula is C17H24N2O. The molecule has 0 radical (unpaired) electrons. The first-order chi connectivity index (χ1) is 9.49. The number of H-pyrrole nitrogens is 1. The number of aromatic amines is 1. The van der Waals surface area contributed by atoms with Crippen LogP contribution in [0.5, 0.6) is 0 Å². The first-order valence-corrected chi connectivity index (χ1v) is 7.34. The smallest absolute Gasteiger partial charge is 0.251 e. The van der Waals surface area contributed by atoms with Gasteiger partial charge in [-0.1, -0.05) is 33.8 Å². The third-order valence-electron chi connectivity index (χ3n) is 4.03. The fraction of sp³-hybridized carbons (Fsp3) is 0.471. The van der Waals surface area contributed by atoms with Crippen LogP contribution >= 0.6 is 0 Å². The maximum Gasteiger partial charge on any atom is 0.251 e. The molecule has 0 aliphatic carbocycles. The molecule has 1 aromatic heterocycles. The normalized spacial score (nSPS) is 11.8. The topological polar surface area (TPSA) is 44.9 Å². The van der Waals surface area contributed by atoms with Crippen LogP contribution in [0, 0.1) is 17.8 Å². The van der Waals surface area contributed by atoms with Crippen LogP contribution < -0.4 is 5.32 Å². The van der Waals surface area contributed by atoms with E-state index in [1.165, 1.54) is 0 Å². The molecule has 0 saturated heterocycles. The molecule has 0 unspecified atom stereocenters. The molecule has 0 aliphatic rings. The Morgan fingerprint density at radius 3 is 2.50 bits per heavy atom. The zero-order valence-electron chi connectivity index (χ0n) is 12.7. The van der Waals surface area contributed by atoms with Crippen molar-refractivity contribution >= 4 is 16.8 Å². The van der Waals surface area contributed by atoms with Gasteiger partial charge in [-0.15, -0.1) is 0 Å². The minimum atomic E-state index is 0.00722. The number of nitrogens with one attached hydrogen (secondary N) is 2. The summed E-state index contributed by atoms with van der Waals surface area (Å²) in [7, 11) is 0. The van der Waals surface area contributed by atoms with Crippen molar-refractivity contribution in [3.63, 3.8) is 0 Å². The molecule has 0 atom stereocenters. The third-order valence-corrected chi connectivity index (χ3v) is 4.03. The van der Waals surface area contributed by atoms with Gasteiger partial charge in [0.05, 0.1) is 0 Å². The SMILES string of the molecule is CC(C)C(CNC(=O)c1ccc2cc[nH]c2c1)C(C)C. The lowest BCUT2D eigenvalue weighted by atomic mass is 9.85. The highest BCUT2D eigenvalue weighted by molar-refractivity contribution is 5.97. The summed E-state index contributed by atoms with van der Waals surface area (Å²) in [5.41, 5.74) is 1.72. The number of carbonyl (C=O) groups excluding carboxylic acids is 1. The summed E-state index contributed by atoms with van der Waals surface area (Å²) in [4.78, 5) is 15.4. The van der Waals surface area contributed by atoms with Crippen LogP contribution in [-0.4, -0.2) is 17.4 Å². The maximum atomic E-state index is 12.2. The average molecular weight is 272 g/mol. The van der Waals surface area contributed by atoms with Crippen LogP contribution in [0.2, 0.25) is 0 Å². The van der Waals surface area contributed by atoms with Crippen molar-refractivity contribution in [3.8, 4) is 0 Å². The number of carbonyl (C=O) groups is 1. The molecule has 2 aromatic rings. The number of hydrogen-bond acceptors (Lipinski definition) is 1. The van der Waals surface area contributed by atoms with Crippen LogP contribution in [0.4, 0.5) is 0 Å². The van der Waals surface area contributed by atoms with E-state index in [1.54, 1.807) is 0 Å². The van der Waals surface area contributed by atoms with E-state index in [9.17, 15) is 4.79 Å². The van der Waals surface area contributed by atoms with Crippen LogP contribution in [0.15, 0.2) is 30.5 Å². The molecule has 1 aromatic carbocycles. The molecule has 3 nitrogen and oxygen atoms in total. The molecule has 108 valence electrons. The second-order valence-electron chi connectivity index (χ2n) is 6.14. The number of aromatic nitrogens is 1. The van der Waals surface area contributed by atoms with Crippen LogP contribution in [0.1, 0.15) is 38.1 Å². The van der Waals surface area contributed by atoms with E-state index in [2.05, 4.69) is 38.0 Å². The number of benzene rings is 1. The Morgan fingerprint density at radius 1 is 1.15 bits per heavy atom. The average Bonchev–Trinajstić information content (AvgIpc) is 2.84. The molecule has 0 spiro atoms. The number of amides is 1. The zero-order valence-corrected chi connectivity index (χ0v) is 12.7. The predicted molar refractivity (Wildman–Crippen MR) is 83.8 cm³/mol. The van der Waals surface area contributed by atoms with E-state index < -0.39 is 0 Å². The highest BCUT2D eigenvalue weighted by Crippen LogP contribution is 2.20. The zero-order chi connectivity index (χ0) is 14.7. The van der Waals surface area contributed by atoms with Crippen LogP contribution in [-0.2, 0) is 0 Å². The summed E-state index contributed by atoms with van der Waals surface area (Å²) in [5.74, 6) is 1.66. The molecular weight excluding hydrogens is 248 g/mol. The molecule has 0 aliphatic heterocycles. The molecule has 2 rings (SSSR count). The number of fused-ring (bicyclic) bond motifs is 1. The van der Waals surface area contributed by atoms with Crippen molar-refractivity contribution in [1.29, 1.82) is 0 Å². The predicted octanol–water partition coefficient (Wildman–Crippen LogP) is 3.83. The highest BCUT2D eigenvalue weighted by atomic mass is 16.1. The fourth-order valence-electron chi connectivity index (χ4n) is 2.74. The molecule has 1 amide bonds. The van der Waals surface area contributed by atoms with Crippen molar-refractivity contribution < 1.29 is 4.79 Å². The van der Waals surface area contributed by atoms with Gasteiger partial charge in [-0.2, -0.15) is 0 Å². The van der Waals surface area contributed by atoms with E-state index in [0.717, 1.165) is 17.4 Å². The third kappa shape index (κ3) is 3.21. The second-order valence-corrected chi connectivity index (χ2v) is 6.14. The van der Waals surface area contributed by atoms with E-state index in [4.69, 9.17) is 0 Å². The van der Waals surface area contributed by atoms with Gasteiger partial charge in [0.15, 0.2) is 0 Å². The minimum Gasteiger partial charge on any atom is -0.361 e. The molecule has 1 heterocycles. The monoisotopic (exact) mass is 272 g/mol. The number of rotatable bonds is 5. The first-order valence-electron chi connectivity index (χ1n) is 7.34. The molecule has 3 heteroatoms. The molecule has 0 bridgehead atoms.